The minimum atomic E-state index is -0.935. The summed E-state index contributed by atoms with van der Waals surface area (Å²) in [7, 11) is 0. The van der Waals surface area contributed by atoms with Crippen molar-refractivity contribution in [2.45, 2.75) is 33.1 Å². The molecule has 0 aliphatic heterocycles. The second kappa shape index (κ2) is 6.15. The van der Waals surface area contributed by atoms with E-state index < -0.39 is 5.97 Å². The molecule has 0 unspecified atom stereocenters. The molecule has 3 nitrogen and oxygen atoms in total. The lowest BCUT2D eigenvalue weighted by Gasteiger charge is -2.10. The molecule has 0 spiro atoms. The Morgan fingerprint density at radius 3 is 2.22 bits per heavy atom. The number of allylic oxidation sites excluding steroid dienone is 2. The molecular formula is C15H18O3. The lowest BCUT2D eigenvalue weighted by Crippen LogP contribution is -2.03. The standard InChI is InChI=1S/C15H18O3/c1-10(2)8-14(16)9-11(3)12-4-6-13(7-5-12)15(17)18/h4-8,11H,9H2,1-3H3,(H,17,18)/t11-/m1/s1. The lowest BCUT2D eigenvalue weighted by molar-refractivity contribution is -0.114. The summed E-state index contributed by atoms with van der Waals surface area (Å²) in [4.78, 5) is 22.4. The number of carbonyl (C=O) groups is 2. The van der Waals surface area contributed by atoms with Crippen LogP contribution in [0.1, 0.15) is 49.0 Å². The first kappa shape index (κ1) is 14.2. The zero-order valence-electron chi connectivity index (χ0n) is 10.9. The third-order valence-electron chi connectivity index (χ3n) is 2.68. The van der Waals surface area contributed by atoms with Crippen molar-refractivity contribution in [1.29, 1.82) is 0 Å². The molecule has 0 aliphatic rings. The third-order valence-corrected chi connectivity index (χ3v) is 2.68. The lowest BCUT2D eigenvalue weighted by atomic mass is 9.94. The first-order valence-electron chi connectivity index (χ1n) is 5.91. The molecule has 0 amide bonds. The Kier molecular flexibility index (Phi) is 4.84. The van der Waals surface area contributed by atoms with Crippen molar-refractivity contribution < 1.29 is 14.7 Å². The van der Waals surface area contributed by atoms with Crippen LogP contribution in [0.2, 0.25) is 0 Å². The van der Waals surface area contributed by atoms with E-state index in [-0.39, 0.29) is 17.3 Å². The Bertz CT molecular complexity index is 465. The van der Waals surface area contributed by atoms with Gasteiger partial charge >= 0.3 is 5.97 Å². The molecule has 0 aromatic heterocycles. The number of benzene rings is 1. The summed E-state index contributed by atoms with van der Waals surface area (Å²) in [6, 6.07) is 6.67. The van der Waals surface area contributed by atoms with Gasteiger partial charge in [-0.05, 0) is 43.5 Å². The Morgan fingerprint density at radius 1 is 1.22 bits per heavy atom. The van der Waals surface area contributed by atoms with Crippen LogP contribution in [-0.2, 0) is 4.79 Å². The monoisotopic (exact) mass is 246 g/mol. The first-order chi connectivity index (χ1) is 8.40. The van der Waals surface area contributed by atoms with Crippen LogP contribution >= 0.6 is 0 Å². The van der Waals surface area contributed by atoms with E-state index in [1.54, 1.807) is 30.3 Å². The van der Waals surface area contributed by atoms with Gasteiger partial charge in [0.15, 0.2) is 5.78 Å². The van der Waals surface area contributed by atoms with Crippen LogP contribution in [-0.4, -0.2) is 16.9 Å². The number of aromatic carboxylic acids is 1. The SMILES string of the molecule is CC(C)=CC(=O)C[C@@H](C)c1ccc(C(=O)O)cc1. The molecule has 0 bridgehead atoms. The van der Waals surface area contributed by atoms with Crippen molar-refractivity contribution in [1.82, 2.24) is 0 Å². The summed E-state index contributed by atoms with van der Waals surface area (Å²) in [6.07, 6.45) is 2.08. The Morgan fingerprint density at radius 2 is 1.78 bits per heavy atom. The van der Waals surface area contributed by atoms with Crippen LogP contribution < -0.4 is 0 Å². The molecule has 1 N–H and O–H groups in total. The molecule has 18 heavy (non-hydrogen) atoms. The van der Waals surface area contributed by atoms with E-state index >= 15 is 0 Å². The molecule has 0 radical (unpaired) electrons. The van der Waals surface area contributed by atoms with Gasteiger partial charge < -0.3 is 5.11 Å². The molecule has 1 atom stereocenters. The van der Waals surface area contributed by atoms with Crippen molar-refractivity contribution in [3.63, 3.8) is 0 Å². The fraction of sp³-hybridized carbons (Fsp3) is 0.333. The quantitative estimate of drug-likeness (QED) is 0.810. The smallest absolute Gasteiger partial charge is 0.335 e. The van der Waals surface area contributed by atoms with Crippen LogP contribution in [0.15, 0.2) is 35.9 Å². The molecule has 1 aromatic rings. The zero-order valence-corrected chi connectivity index (χ0v) is 10.9. The Balaban J connectivity index is 2.73. The first-order valence-corrected chi connectivity index (χ1v) is 5.91. The van der Waals surface area contributed by atoms with Gasteiger partial charge in [0.25, 0.3) is 0 Å². The highest BCUT2D eigenvalue weighted by Gasteiger charge is 2.10. The third kappa shape index (κ3) is 4.17. The van der Waals surface area contributed by atoms with Crippen molar-refractivity contribution in [3.05, 3.63) is 47.0 Å². The number of carboxylic acid groups (broad SMARTS) is 1. The van der Waals surface area contributed by atoms with Crippen molar-refractivity contribution >= 4 is 11.8 Å². The maximum Gasteiger partial charge on any atom is 0.335 e. The van der Waals surface area contributed by atoms with Gasteiger partial charge in [-0.1, -0.05) is 24.6 Å². The van der Waals surface area contributed by atoms with Gasteiger partial charge in [-0.15, -0.1) is 0 Å². The van der Waals surface area contributed by atoms with Crippen molar-refractivity contribution in [3.8, 4) is 0 Å². The minimum absolute atomic E-state index is 0.0935. The van der Waals surface area contributed by atoms with E-state index in [2.05, 4.69) is 0 Å². The summed E-state index contributed by atoms with van der Waals surface area (Å²) in [5.41, 5.74) is 2.24. The van der Waals surface area contributed by atoms with Gasteiger partial charge in [0.05, 0.1) is 5.56 Å². The van der Waals surface area contributed by atoms with E-state index in [0.29, 0.717) is 6.42 Å². The fourth-order valence-corrected chi connectivity index (χ4v) is 1.75. The summed E-state index contributed by atoms with van der Waals surface area (Å²) in [5.74, 6) is -0.740. The molecular weight excluding hydrogens is 228 g/mol. The van der Waals surface area contributed by atoms with Gasteiger partial charge in [0.2, 0.25) is 0 Å². The molecule has 1 rings (SSSR count). The fourth-order valence-electron chi connectivity index (χ4n) is 1.75. The molecule has 1 aromatic carbocycles. The maximum absolute atomic E-state index is 11.6. The molecule has 96 valence electrons. The van der Waals surface area contributed by atoms with Crippen LogP contribution in [0.25, 0.3) is 0 Å². The second-order valence-corrected chi connectivity index (χ2v) is 4.72. The highest BCUT2D eigenvalue weighted by molar-refractivity contribution is 5.91. The van der Waals surface area contributed by atoms with Gasteiger partial charge in [-0.3, -0.25) is 4.79 Å². The molecule has 0 fully saturated rings. The van der Waals surface area contributed by atoms with Crippen LogP contribution in [0.5, 0.6) is 0 Å². The number of carboxylic acids is 1. The number of hydrogen-bond acceptors (Lipinski definition) is 2. The van der Waals surface area contributed by atoms with E-state index in [0.717, 1.165) is 11.1 Å². The number of rotatable bonds is 5. The Labute approximate surface area is 107 Å². The van der Waals surface area contributed by atoms with E-state index in [1.165, 1.54) is 0 Å². The summed E-state index contributed by atoms with van der Waals surface area (Å²) >= 11 is 0. The summed E-state index contributed by atoms with van der Waals surface area (Å²) in [6.45, 7) is 5.75. The van der Waals surface area contributed by atoms with Crippen molar-refractivity contribution in [2.75, 3.05) is 0 Å². The van der Waals surface area contributed by atoms with E-state index in [1.807, 2.05) is 20.8 Å². The molecule has 0 saturated carbocycles. The summed E-state index contributed by atoms with van der Waals surface area (Å²) in [5, 5.41) is 8.80. The highest BCUT2D eigenvalue weighted by atomic mass is 16.4. The normalized spacial score (nSPS) is 11.7. The second-order valence-electron chi connectivity index (χ2n) is 4.72. The molecule has 3 heteroatoms. The van der Waals surface area contributed by atoms with E-state index in [4.69, 9.17) is 5.11 Å². The van der Waals surface area contributed by atoms with Gasteiger partial charge in [0.1, 0.15) is 0 Å². The molecule has 0 heterocycles. The number of ketones is 1. The topological polar surface area (TPSA) is 54.4 Å². The molecule has 0 saturated heterocycles. The highest BCUT2D eigenvalue weighted by Crippen LogP contribution is 2.20. The number of hydrogen-bond donors (Lipinski definition) is 1. The van der Waals surface area contributed by atoms with Gasteiger partial charge in [0, 0.05) is 6.42 Å². The minimum Gasteiger partial charge on any atom is -0.478 e. The predicted octanol–water partition coefficient (Wildman–Crippen LogP) is 3.41. The van der Waals surface area contributed by atoms with Crippen LogP contribution in [0.4, 0.5) is 0 Å². The average Bonchev–Trinajstić information content (AvgIpc) is 2.27. The van der Waals surface area contributed by atoms with Gasteiger partial charge in [-0.25, -0.2) is 4.79 Å². The van der Waals surface area contributed by atoms with Crippen LogP contribution in [0.3, 0.4) is 0 Å². The largest absolute Gasteiger partial charge is 0.478 e. The molecule has 0 aliphatic carbocycles. The van der Waals surface area contributed by atoms with Gasteiger partial charge in [-0.2, -0.15) is 0 Å². The summed E-state index contributed by atoms with van der Waals surface area (Å²) < 4.78 is 0. The van der Waals surface area contributed by atoms with Crippen LogP contribution in [0, 0.1) is 0 Å². The Hall–Kier alpha value is -1.90. The maximum atomic E-state index is 11.6. The average molecular weight is 246 g/mol. The zero-order chi connectivity index (χ0) is 13.7. The van der Waals surface area contributed by atoms with Crippen molar-refractivity contribution in [2.24, 2.45) is 0 Å². The predicted molar refractivity (Wildman–Crippen MR) is 70.9 cm³/mol. The van der Waals surface area contributed by atoms with E-state index in [9.17, 15) is 9.59 Å². The number of carbonyl (C=O) groups excluding carboxylic acids is 1.